The van der Waals surface area contributed by atoms with Gasteiger partial charge in [0.05, 0.1) is 18.0 Å². The zero-order chi connectivity index (χ0) is 18.5. The number of rotatable bonds is 3. The molecule has 0 aliphatic rings. The van der Waals surface area contributed by atoms with Gasteiger partial charge in [0, 0.05) is 10.9 Å². The van der Waals surface area contributed by atoms with Crippen LogP contribution in [0.4, 0.5) is 0 Å². The van der Waals surface area contributed by atoms with E-state index in [9.17, 15) is 9.59 Å². The van der Waals surface area contributed by atoms with Gasteiger partial charge in [0.25, 0.3) is 11.5 Å². The normalized spacial score (nSPS) is 10.4. The van der Waals surface area contributed by atoms with Crippen LogP contribution in [-0.4, -0.2) is 22.2 Å². The second-order valence-electron chi connectivity index (χ2n) is 6.09. The summed E-state index contributed by atoms with van der Waals surface area (Å²) in [7, 11) is 0. The molecule has 1 aromatic heterocycles. The van der Waals surface area contributed by atoms with E-state index in [-0.39, 0.29) is 29.7 Å². The van der Waals surface area contributed by atoms with Crippen LogP contribution in [0.2, 0.25) is 0 Å². The summed E-state index contributed by atoms with van der Waals surface area (Å²) in [4.78, 5) is 25.1. The fourth-order valence-corrected chi connectivity index (χ4v) is 2.60. The quantitative estimate of drug-likeness (QED) is 0.743. The first-order valence-corrected chi connectivity index (χ1v) is 8.41. The maximum absolute atomic E-state index is 12.6. The van der Waals surface area contributed by atoms with Gasteiger partial charge < -0.3 is 5.32 Å². The van der Waals surface area contributed by atoms with Crippen LogP contribution in [0, 0.1) is 11.8 Å². The Morgan fingerprint density at radius 2 is 1.73 bits per heavy atom. The summed E-state index contributed by atoms with van der Waals surface area (Å²) in [6.07, 6.45) is 0. The highest BCUT2D eigenvalue weighted by atomic mass is 16.2. The molecule has 1 heterocycles. The minimum Gasteiger partial charge on any atom is -0.340 e. The molecule has 0 bridgehead atoms. The SMILES string of the molecule is CC(C)n1nc(C(=O)NCC#Cc2ccccc2)c2ccccc2c1=O. The Labute approximate surface area is 151 Å². The fourth-order valence-electron chi connectivity index (χ4n) is 2.60. The van der Waals surface area contributed by atoms with E-state index in [1.807, 2.05) is 44.2 Å². The van der Waals surface area contributed by atoms with Crippen molar-refractivity contribution in [2.24, 2.45) is 0 Å². The molecule has 0 aliphatic heterocycles. The molecule has 0 saturated heterocycles. The van der Waals surface area contributed by atoms with E-state index in [1.165, 1.54) is 4.68 Å². The van der Waals surface area contributed by atoms with Gasteiger partial charge in [0.15, 0.2) is 5.69 Å². The predicted octanol–water partition coefficient (Wildman–Crippen LogP) is 2.76. The molecular weight excluding hydrogens is 326 g/mol. The van der Waals surface area contributed by atoms with Gasteiger partial charge in [-0.05, 0) is 32.0 Å². The molecule has 0 saturated carbocycles. The highest BCUT2D eigenvalue weighted by molar-refractivity contribution is 6.04. The van der Waals surface area contributed by atoms with E-state index in [1.54, 1.807) is 24.3 Å². The van der Waals surface area contributed by atoms with Gasteiger partial charge in [-0.1, -0.05) is 48.2 Å². The van der Waals surface area contributed by atoms with E-state index in [0.717, 1.165) is 5.56 Å². The maximum Gasteiger partial charge on any atom is 0.274 e. The lowest BCUT2D eigenvalue weighted by molar-refractivity contribution is 0.0953. The van der Waals surface area contributed by atoms with Crippen LogP contribution in [0.3, 0.4) is 0 Å². The third-order valence-corrected chi connectivity index (χ3v) is 3.88. The number of hydrogen-bond acceptors (Lipinski definition) is 3. The predicted molar refractivity (Wildman–Crippen MR) is 102 cm³/mol. The number of amides is 1. The van der Waals surface area contributed by atoms with Crippen LogP contribution in [0.5, 0.6) is 0 Å². The highest BCUT2D eigenvalue weighted by Gasteiger charge is 2.17. The van der Waals surface area contributed by atoms with E-state index >= 15 is 0 Å². The van der Waals surface area contributed by atoms with Crippen molar-refractivity contribution in [3.63, 3.8) is 0 Å². The van der Waals surface area contributed by atoms with Gasteiger partial charge in [-0.2, -0.15) is 5.10 Å². The number of hydrogen-bond donors (Lipinski definition) is 1. The largest absolute Gasteiger partial charge is 0.340 e. The molecule has 0 aliphatic carbocycles. The average molecular weight is 345 g/mol. The molecule has 0 atom stereocenters. The molecule has 0 radical (unpaired) electrons. The molecule has 1 N–H and O–H groups in total. The van der Waals surface area contributed by atoms with E-state index in [2.05, 4.69) is 22.3 Å². The minimum atomic E-state index is -0.349. The van der Waals surface area contributed by atoms with Gasteiger partial charge in [0.1, 0.15) is 0 Å². The summed E-state index contributed by atoms with van der Waals surface area (Å²) in [6.45, 7) is 3.91. The minimum absolute atomic E-state index is 0.142. The number of nitrogens with one attached hydrogen (secondary N) is 1. The second kappa shape index (κ2) is 7.66. The summed E-state index contributed by atoms with van der Waals surface area (Å²) in [5, 5.41) is 8.06. The maximum atomic E-state index is 12.6. The molecule has 130 valence electrons. The third kappa shape index (κ3) is 3.65. The first kappa shape index (κ1) is 17.4. The van der Waals surface area contributed by atoms with E-state index < -0.39 is 0 Å². The number of fused-ring (bicyclic) bond motifs is 1. The van der Waals surface area contributed by atoms with Crippen molar-refractivity contribution in [3.8, 4) is 11.8 Å². The standard InChI is InChI=1S/C21H19N3O2/c1-15(2)24-21(26)18-13-7-6-12-17(18)19(23-24)20(25)22-14-8-11-16-9-4-3-5-10-16/h3-7,9-10,12-13,15H,14H2,1-2H3,(H,22,25). The zero-order valence-electron chi connectivity index (χ0n) is 14.7. The smallest absolute Gasteiger partial charge is 0.274 e. The van der Waals surface area contributed by atoms with Crippen molar-refractivity contribution in [3.05, 3.63) is 76.2 Å². The van der Waals surface area contributed by atoms with Crippen molar-refractivity contribution < 1.29 is 4.79 Å². The summed E-state index contributed by atoms with van der Waals surface area (Å²) < 4.78 is 1.34. The Bertz CT molecular complexity index is 1060. The Hall–Kier alpha value is -3.39. The first-order valence-electron chi connectivity index (χ1n) is 8.41. The molecule has 26 heavy (non-hydrogen) atoms. The summed E-state index contributed by atoms with van der Waals surface area (Å²) in [6, 6.07) is 16.4. The van der Waals surface area contributed by atoms with Crippen LogP contribution >= 0.6 is 0 Å². The topological polar surface area (TPSA) is 64.0 Å². The van der Waals surface area contributed by atoms with Crippen molar-refractivity contribution in [2.45, 2.75) is 19.9 Å². The monoisotopic (exact) mass is 345 g/mol. The van der Waals surface area contributed by atoms with Crippen molar-refractivity contribution in [1.29, 1.82) is 0 Å². The molecule has 5 nitrogen and oxygen atoms in total. The number of carbonyl (C=O) groups is 1. The van der Waals surface area contributed by atoms with Gasteiger partial charge in [0.2, 0.25) is 0 Å². The Kier molecular flexibility index (Phi) is 5.14. The summed E-state index contributed by atoms with van der Waals surface area (Å²) >= 11 is 0. The molecule has 1 amide bonds. The molecule has 5 heteroatoms. The van der Waals surface area contributed by atoms with Crippen LogP contribution in [0.15, 0.2) is 59.4 Å². The highest BCUT2D eigenvalue weighted by Crippen LogP contribution is 2.14. The van der Waals surface area contributed by atoms with Crippen LogP contribution < -0.4 is 10.9 Å². The molecular formula is C21H19N3O2. The van der Waals surface area contributed by atoms with Crippen molar-refractivity contribution in [1.82, 2.24) is 15.1 Å². The summed E-state index contributed by atoms with van der Waals surface area (Å²) in [5.41, 5.74) is 0.921. The average Bonchev–Trinajstić information content (AvgIpc) is 2.66. The van der Waals surface area contributed by atoms with Crippen LogP contribution in [-0.2, 0) is 0 Å². The Morgan fingerprint density at radius 1 is 1.08 bits per heavy atom. The molecule has 2 aromatic carbocycles. The first-order chi connectivity index (χ1) is 12.6. The fraction of sp³-hybridized carbons (Fsp3) is 0.190. The molecule has 0 fully saturated rings. The van der Waals surface area contributed by atoms with Crippen LogP contribution in [0.1, 0.15) is 35.9 Å². The van der Waals surface area contributed by atoms with Gasteiger partial charge >= 0.3 is 0 Å². The van der Waals surface area contributed by atoms with E-state index in [0.29, 0.717) is 10.8 Å². The van der Waals surface area contributed by atoms with Crippen LogP contribution in [0.25, 0.3) is 10.8 Å². The van der Waals surface area contributed by atoms with Gasteiger partial charge in [-0.15, -0.1) is 0 Å². The van der Waals surface area contributed by atoms with E-state index in [4.69, 9.17) is 0 Å². The third-order valence-electron chi connectivity index (χ3n) is 3.88. The number of aromatic nitrogens is 2. The second-order valence-corrected chi connectivity index (χ2v) is 6.09. The lowest BCUT2D eigenvalue weighted by atomic mass is 10.1. The lowest BCUT2D eigenvalue weighted by Gasteiger charge is -2.12. The van der Waals surface area contributed by atoms with Gasteiger partial charge in [-0.25, -0.2) is 4.68 Å². The molecule has 3 rings (SSSR count). The van der Waals surface area contributed by atoms with Crippen molar-refractivity contribution in [2.75, 3.05) is 6.54 Å². The zero-order valence-corrected chi connectivity index (χ0v) is 14.7. The summed E-state index contributed by atoms with van der Waals surface area (Å²) in [5.74, 6) is 5.56. The molecule has 0 spiro atoms. The molecule has 0 unspecified atom stereocenters. The number of nitrogens with zero attached hydrogens (tertiary/aromatic N) is 2. The number of benzene rings is 2. The van der Waals surface area contributed by atoms with Gasteiger partial charge in [-0.3, -0.25) is 9.59 Å². The number of carbonyl (C=O) groups excluding carboxylic acids is 1. The molecule has 3 aromatic rings. The Morgan fingerprint density at radius 3 is 2.42 bits per heavy atom. The Balaban J connectivity index is 1.87. The lowest BCUT2D eigenvalue weighted by Crippen LogP contribution is -2.31. The van der Waals surface area contributed by atoms with Crippen molar-refractivity contribution >= 4 is 16.7 Å².